The molecule has 0 radical (unpaired) electrons. The number of aliphatic hydroxyl groups is 2. The van der Waals surface area contributed by atoms with Gasteiger partial charge in [-0.1, -0.05) is 243 Å². The molecule has 3 unspecified atom stereocenters. The molecule has 352 valence electrons. The maximum Gasteiger partial charge on any atom is 0.306 e. The number of allylic oxidation sites excluding steroid dienone is 6. The zero-order valence-electron chi connectivity index (χ0n) is 40.1. The van der Waals surface area contributed by atoms with Crippen LogP contribution in [-0.4, -0.2) is 46.9 Å². The highest BCUT2D eigenvalue weighted by molar-refractivity contribution is 5.77. The van der Waals surface area contributed by atoms with E-state index in [-0.39, 0.29) is 24.9 Å². The summed E-state index contributed by atoms with van der Waals surface area (Å²) >= 11 is 0. The minimum atomic E-state index is -0.794. The lowest BCUT2D eigenvalue weighted by Gasteiger charge is -2.24. The van der Waals surface area contributed by atoms with Crippen molar-refractivity contribution in [2.24, 2.45) is 0 Å². The SMILES string of the molecule is CCCCCCC/C=C/C=C/C=C/CCCCCC(CC(=O)NC(CO)C(O)CCCCCCCCCCCCCC)OC(=O)CCCCCCCCCCCCCCC. The van der Waals surface area contributed by atoms with Crippen molar-refractivity contribution in [1.29, 1.82) is 0 Å². The third kappa shape index (κ3) is 42.8. The Morgan fingerprint density at radius 2 is 0.850 bits per heavy atom. The summed E-state index contributed by atoms with van der Waals surface area (Å²) in [5.41, 5.74) is 0. The van der Waals surface area contributed by atoms with Crippen molar-refractivity contribution in [2.75, 3.05) is 6.61 Å². The molecule has 6 heteroatoms. The quantitative estimate of drug-likeness (QED) is 0.0322. The molecule has 0 aromatic heterocycles. The summed E-state index contributed by atoms with van der Waals surface area (Å²) in [6.07, 6.45) is 56.3. The number of nitrogens with one attached hydrogen (secondary N) is 1. The van der Waals surface area contributed by atoms with E-state index in [1.165, 1.54) is 154 Å². The number of carbonyl (C=O) groups is 2. The zero-order chi connectivity index (χ0) is 43.8. The van der Waals surface area contributed by atoms with Crippen LogP contribution in [0.5, 0.6) is 0 Å². The molecule has 0 aromatic rings. The molecule has 0 aliphatic rings. The van der Waals surface area contributed by atoms with Crippen molar-refractivity contribution in [3.8, 4) is 0 Å². The zero-order valence-corrected chi connectivity index (χ0v) is 40.1. The van der Waals surface area contributed by atoms with E-state index in [1.807, 2.05) is 0 Å². The average molecular weight is 844 g/mol. The molecule has 0 bridgehead atoms. The van der Waals surface area contributed by atoms with E-state index in [2.05, 4.69) is 62.5 Å². The van der Waals surface area contributed by atoms with Crippen molar-refractivity contribution in [2.45, 2.75) is 289 Å². The monoisotopic (exact) mass is 844 g/mol. The summed E-state index contributed by atoms with van der Waals surface area (Å²) in [5, 5.41) is 23.7. The Morgan fingerprint density at radius 1 is 0.483 bits per heavy atom. The molecule has 1 amide bonds. The van der Waals surface area contributed by atoms with Gasteiger partial charge in [0, 0.05) is 6.42 Å². The van der Waals surface area contributed by atoms with Gasteiger partial charge in [0.15, 0.2) is 0 Å². The highest BCUT2D eigenvalue weighted by Gasteiger charge is 2.24. The number of hydrogen-bond acceptors (Lipinski definition) is 5. The summed E-state index contributed by atoms with van der Waals surface area (Å²) < 4.78 is 5.92. The molecule has 3 atom stereocenters. The lowest BCUT2D eigenvalue weighted by molar-refractivity contribution is -0.151. The molecule has 0 aliphatic heterocycles. The van der Waals surface area contributed by atoms with Crippen LogP contribution in [0, 0.1) is 0 Å². The van der Waals surface area contributed by atoms with E-state index in [0.717, 1.165) is 70.6 Å². The van der Waals surface area contributed by atoms with Gasteiger partial charge in [-0.15, -0.1) is 0 Å². The first-order chi connectivity index (χ1) is 29.5. The highest BCUT2D eigenvalue weighted by Crippen LogP contribution is 2.18. The molecule has 0 saturated heterocycles. The van der Waals surface area contributed by atoms with Crippen molar-refractivity contribution < 1.29 is 24.5 Å². The first-order valence-corrected chi connectivity index (χ1v) is 26.2. The van der Waals surface area contributed by atoms with Gasteiger partial charge in [-0.2, -0.15) is 0 Å². The minimum absolute atomic E-state index is 0.0587. The fourth-order valence-corrected chi connectivity index (χ4v) is 8.02. The minimum Gasteiger partial charge on any atom is -0.462 e. The fraction of sp³-hybridized carbons (Fsp3) is 0.852. The average Bonchev–Trinajstić information content (AvgIpc) is 3.24. The van der Waals surface area contributed by atoms with Crippen LogP contribution in [0.2, 0.25) is 0 Å². The number of hydrogen-bond donors (Lipinski definition) is 3. The lowest BCUT2D eigenvalue weighted by atomic mass is 10.0. The predicted octanol–water partition coefficient (Wildman–Crippen LogP) is 15.7. The molecule has 0 aromatic carbocycles. The number of ether oxygens (including phenoxy) is 1. The topological polar surface area (TPSA) is 95.9 Å². The Hall–Kier alpha value is -1.92. The van der Waals surface area contributed by atoms with E-state index >= 15 is 0 Å². The van der Waals surface area contributed by atoms with Gasteiger partial charge in [0.2, 0.25) is 5.91 Å². The molecule has 0 aliphatic carbocycles. The Balaban J connectivity index is 4.64. The van der Waals surface area contributed by atoms with Crippen LogP contribution in [0.4, 0.5) is 0 Å². The number of rotatable bonds is 47. The van der Waals surface area contributed by atoms with Gasteiger partial charge in [-0.3, -0.25) is 9.59 Å². The number of carbonyl (C=O) groups excluding carboxylic acids is 2. The Kier molecular flexibility index (Phi) is 46.6. The van der Waals surface area contributed by atoms with E-state index in [4.69, 9.17) is 4.74 Å². The van der Waals surface area contributed by atoms with Crippen molar-refractivity contribution in [3.05, 3.63) is 36.5 Å². The van der Waals surface area contributed by atoms with Crippen LogP contribution >= 0.6 is 0 Å². The normalized spacial score (nSPS) is 13.5. The number of unbranched alkanes of at least 4 members (excludes halogenated alkanes) is 31. The van der Waals surface area contributed by atoms with Crippen LogP contribution < -0.4 is 5.32 Å². The molecular weight excluding hydrogens is 743 g/mol. The highest BCUT2D eigenvalue weighted by atomic mass is 16.5. The summed E-state index contributed by atoms with van der Waals surface area (Å²) in [6, 6.07) is -0.709. The molecular formula is C54H101NO5. The summed E-state index contributed by atoms with van der Waals surface area (Å²) in [7, 11) is 0. The smallest absolute Gasteiger partial charge is 0.306 e. The number of esters is 1. The number of aliphatic hydroxyl groups excluding tert-OH is 2. The third-order valence-electron chi connectivity index (χ3n) is 12.0. The van der Waals surface area contributed by atoms with Crippen molar-refractivity contribution >= 4 is 11.9 Å². The van der Waals surface area contributed by atoms with Crippen LogP contribution in [0.1, 0.15) is 271 Å². The Labute approximate surface area is 373 Å². The standard InChI is InChI=1S/C54H101NO5/c1-4-7-10-13-16-19-22-25-26-27-29-30-33-36-39-42-45-50(60-54(59)47-44-41-38-35-32-28-23-20-17-14-11-8-5-2)48-53(58)55-51(49-56)52(57)46-43-40-37-34-31-24-21-18-15-12-9-6-3/h22,25-27,29-30,50-52,56-57H,4-21,23-24,28,31-49H2,1-3H3,(H,55,58)/b25-22+,27-26+,30-29+. The third-order valence-corrected chi connectivity index (χ3v) is 12.0. The molecule has 60 heavy (non-hydrogen) atoms. The first-order valence-electron chi connectivity index (χ1n) is 26.2. The van der Waals surface area contributed by atoms with Gasteiger partial charge in [0.25, 0.3) is 0 Å². The van der Waals surface area contributed by atoms with E-state index < -0.39 is 18.2 Å². The van der Waals surface area contributed by atoms with Gasteiger partial charge in [0.05, 0.1) is 25.2 Å². The van der Waals surface area contributed by atoms with E-state index in [1.54, 1.807) is 0 Å². The Bertz CT molecular complexity index is 993. The largest absolute Gasteiger partial charge is 0.462 e. The van der Waals surface area contributed by atoms with Gasteiger partial charge in [0.1, 0.15) is 6.10 Å². The van der Waals surface area contributed by atoms with Gasteiger partial charge < -0.3 is 20.3 Å². The lowest BCUT2D eigenvalue weighted by Crippen LogP contribution is -2.46. The molecule has 0 rings (SSSR count). The second kappa shape index (κ2) is 48.1. The van der Waals surface area contributed by atoms with E-state index in [0.29, 0.717) is 19.3 Å². The maximum absolute atomic E-state index is 13.2. The Morgan fingerprint density at radius 3 is 1.28 bits per heavy atom. The molecule has 6 nitrogen and oxygen atoms in total. The second-order valence-corrected chi connectivity index (χ2v) is 18.0. The molecule has 0 saturated carbocycles. The first kappa shape index (κ1) is 58.1. The van der Waals surface area contributed by atoms with Crippen LogP contribution in [-0.2, 0) is 14.3 Å². The van der Waals surface area contributed by atoms with Gasteiger partial charge >= 0.3 is 5.97 Å². The van der Waals surface area contributed by atoms with E-state index in [9.17, 15) is 19.8 Å². The van der Waals surface area contributed by atoms with Crippen molar-refractivity contribution in [1.82, 2.24) is 5.32 Å². The van der Waals surface area contributed by atoms with Gasteiger partial charge in [-0.25, -0.2) is 0 Å². The van der Waals surface area contributed by atoms with Crippen molar-refractivity contribution in [3.63, 3.8) is 0 Å². The second-order valence-electron chi connectivity index (χ2n) is 18.0. The summed E-state index contributed by atoms with van der Waals surface area (Å²) in [6.45, 7) is 6.47. The molecule has 0 heterocycles. The fourth-order valence-electron chi connectivity index (χ4n) is 8.02. The van der Waals surface area contributed by atoms with Crippen LogP contribution in [0.25, 0.3) is 0 Å². The molecule has 3 N–H and O–H groups in total. The number of amides is 1. The van der Waals surface area contributed by atoms with Crippen LogP contribution in [0.3, 0.4) is 0 Å². The molecule has 0 fully saturated rings. The summed E-state index contributed by atoms with van der Waals surface area (Å²) in [4.78, 5) is 26.1. The summed E-state index contributed by atoms with van der Waals surface area (Å²) in [5.74, 6) is -0.497. The maximum atomic E-state index is 13.2. The predicted molar refractivity (Wildman–Crippen MR) is 259 cm³/mol. The van der Waals surface area contributed by atoms with Crippen LogP contribution in [0.15, 0.2) is 36.5 Å². The molecule has 0 spiro atoms. The van der Waals surface area contributed by atoms with Gasteiger partial charge in [-0.05, 0) is 51.4 Å².